The number of hydrogen-bond acceptors (Lipinski definition) is 2. The minimum Gasteiger partial charge on any atom is -0.464 e. The van der Waals surface area contributed by atoms with Crippen LogP contribution in [0, 0.1) is 5.82 Å². The van der Waals surface area contributed by atoms with Crippen molar-refractivity contribution in [3.8, 4) is 11.3 Å². The quantitative estimate of drug-likeness (QED) is 0.877. The Bertz CT molecular complexity index is 477. The van der Waals surface area contributed by atoms with Crippen molar-refractivity contribution >= 4 is 0 Å². The van der Waals surface area contributed by atoms with Crippen LogP contribution in [0.2, 0.25) is 0 Å². The van der Waals surface area contributed by atoms with Crippen molar-refractivity contribution in [1.82, 2.24) is 0 Å². The fourth-order valence-corrected chi connectivity index (χ4v) is 1.84. The van der Waals surface area contributed by atoms with Gasteiger partial charge in [0.05, 0.1) is 6.26 Å². The number of furan rings is 1. The SMILES string of the molecule is C[C@H](CCO)c1cc(F)cc(-c2ccco2)c1. The summed E-state index contributed by atoms with van der Waals surface area (Å²) in [5, 5.41) is 8.91. The largest absolute Gasteiger partial charge is 0.464 e. The van der Waals surface area contributed by atoms with Gasteiger partial charge < -0.3 is 9.52 Å². The molecule has 1 aromatic heterocycles. The number of aliphatic hydroxyl groups is 1. The predicted octanol–water partition coefficient (Wildman–Crippen LogP) is 3.57. The maximum atomic E-state index is 13.5. The fraction of sp³-hybridized carbons (Fsp3) is 0.286. The molecule has 0 saturated carbocycles. The molecule has 3 heteroatoms. The third-order valence-electron chi connectivity index (χ3n) is 2.86. The van der Waals surface area contributed by atoms with Gasteiger partial charge in [0.2, 0.25) is 0 Å². The Morgan fingerprint density at radius 1 is 1.35 bits per heavy atom. The summed E-state index contributed by atoms with van der Waals surface area (Å²) < 4.78 is 18.8. The molecule has 1 N–H and O–H groups in total. The van der Waals surface area contributed by atoms with Gasteiger partial charge in [0.1, 0.15) is 11.6 Å². The van der Waals surface area contributed by atoms with Crippen molar-refractivity contribution in [3.63, 3.8) is 0 Å². The van der Waals surface area contributed by atoms with Crippen molar-refractivity contribution in [2.75, 3.05) is 6.61 Å². The monoisotopic (exact) mass is 234 g/mol. The van der Waals surface area contributed by atoms with Gasteiger partial charge in [-0.2, -0.15) is 0 Å². The second-order valence-electron chi connectivity index (χ2n) is 4.16. The van der Waals surface area contributed by atoms with Gasteiger partial charge in [-0.15, -0.1) is 0 Å². The molecule has 2 rings (SSSR count). The van der Waals surface area contributed by atoms with Crippen molar-refractivity contribution < 1.29 is 13.9 Å². The number of aliphatic hydroxyl groups excluding tert-OH is 1. The van der Waals surface area contributed by atoms with Crippen LogP contribution in [0.15, 0.2) is 41.0 Å². The van der Waals surface area contributed by atoms with Crippen LogP contribution >= 0.6 is 0 Å². The Hall–Kier alpha value is -1.61. The molecule has 0 aliphatic heterocycles. The highest BCUT2D eigenvalue weighted by Crippen LogP contribution is 2.27. The van der Waals surface area contributed by atoms with Crippen LogP contribution in [0.25, 0.3) is 11.3 Å². The molecule has 0 fully saturated rings. The van der Waals surface area contributed by atoms with Crippen LogP contribution in [-0.2, 0) is 0 Å². The van der Waals surface area contributed by atoms with Gasteiger partial charge in [0.15, 0.2) is 0 Å². The van der Waals surface area contributed by atoms with Gasteiger partial charge in [0.25, 0.3) is 0 Å². The van der Waals surface area contributed by atoms with E-state index in [0.29, 0.717) is 12.2 Å². The first-order valence-electron chi connectivity index (χ1n) is 5.66. The van der Waals surface area contributed by atoms with Crippen molar-refractivity contribution in [2.45, 2.75) is 19.3 Å². The van der Waals surface area contributed by atoms with Gasteiger partial charge >= 0.3 is 0 Å². The van der Waals surface area contributed by atoms with Crippen LogP contribution in [0.3, 0.4) is 0 Å². The van der Waals surface area contributed by atoms with E-state index < -0.39 is 0 Å². The summed E-state index contributed by atoms with van der Waals surface area (Å²) in [6, 6.07) is 8.44. The lowest BCUT2D eigenvalue weighted by atomic mass is 9.95. The van der Waals surface area contributed by atoms with Crippen molar-refractivity contribution in [1.29, 1.82) is 0 Å². The summed E-state index contributed by atoms with van der Waals surface area (Å²) in [5.74, 6) is 0.505. The third kappa shape index (κ3) is 2.74. The lowest BCUT2D eigenvalue weighted by Crippen LogP contribution is -1.98. The highest BCUT2D eigenvalue weighted by molar-refractivity contribution is 5.58. The second-order valence-corrected chi connectivity index (χ2v) is 4.16. The molecular weight excluding hydrogens is 219 g/mol. The van der Waals surface area contributed by atoms with Crippen LogP contribution < -0.4 is 0 Å². The summed E-state index contributed by atoms with van der Waals surface area (Å²) in [6.45, 7) is 2.07. The molecule has 2 nitrogen and oxygen atoms in total. The first-order chi connectivity index (χ1) is 8.20. The molecule has 0 spiro atoms. The number of halogens is 1. The fourth-order valence-electron chi connectivity index (χ4n) is 1.84. The molecule has 1 aromatic carbocycles. The van der Waals surface area contributed by atoms with Crippen LogP contribution in [-0.4, -0.2) is 11.7 Å². The molecule has 17 heavy (non-hydrogen) atoms. The van der Waals surface area contributed by atoms with Gasteiger partial charge in [-0.25, -0.2) is 4.39 Å². The van der Waals surface area contributed by atoms with E-state index in [9.17, 15) is 4.39 Å². The van der Waals surface area contributed by atoms with E-state index in [1.807, 2.05) is 13.0 Å². The standard InChI is InChI=1S/C14H15FO2/c1-10(4-5-16)11-7-12(9-13(15)8-11)14-3-2-6-17-14/h2-3,6-10,16H,4-5H2,1H3/t10-/m1/s1. The molecule has 0 aliphatic carbocycles. The lowest BCUT2D eigenvalue weighted by Gasteiger charge is -2.11. The van der Waals surface area contributed by atoms with E-state index in [1.165, 1.54) is 12.1 Å². The van der Waals surface area contributed by atoms with E-state index in [0.717, 1.165) is 11.1 Å². The van der Waals surface area contributed by atoms with E-state index in [2.05, 4.69) is 0 Å². The molecule has 0 aliphatic rings. The maximum Gasteiger partial charge on any atom is 0.133 e. The summed E-state index contributed by atoms with van der Waals surface area (Å²) in [5.41, 5.74) is 1.61. The van der Waals surface area contributed by atoms with Gasteiger partial charge in [-0.3, -0.25) is 0 Å². The minimum atomic E-state index is -0.279. The Morgan fingerprint density at radius 2 is 2.18 bits per heavy atom. The Kier molecular flexibility index (Phi) is 3.59. The topological polar surface area (TPSA) is 33.4 Å². The zero-order chi connectivity index (χ0) is 12.3. The van der Waals surface area contributed by atoms with Crippen molar-refractivity contribution in [3.05, 3.63) is 48.0 Å². The summed E-state index contributed by atoms with van der Waals surface area (Å²) >= 11 is 0. The first-order valence-corrected chi connectivity index (χ1v) is 5.66. The molecule has 1 heterocycles. The van der Waals surface area contributed by atoms with Gasteiger partial charge in [0, 0.05) is 12.2 Å². The zero-order valence-corrected chi connectivity index (χ0v) is 9.69. The Balaban J connectivity index is 2.36. The van der Waals surface area contributed by atoms with E-state index in [1.54, 1.807) is 18.4 Å². The third-order valence-corrected chi connectivity index (χ3v) is 2.86. The summed E-state index contributed by atoms with van der Waals surface area (Å²) in [4.78, 5) is 0. The van der Waals surface area contributed by atoms with Gasteiger partial charge in [-0.1, -0.05) is 6.92 Å². The van der Waals surface area contributed by atoms with E-state index in [4.69, 9.17) is 9.52 Å². The Morgan fingerprint density at radius 3 is 2.82 bits per heavy atom. The first kappa shape index (κ1) is 11.9. The van der Waals surface area contributed by atoms with E-state index >= 15 is 0 Å². The summed E-state index contributed by atoms with van der Waals surface area (Å²) in [7, 11) is 0. The number of hydrogen-bond donors (Lipinski definition) is 1. The van der Waals surface area contributed by atoms with Gasteiger partial charge in [-0.05, 0) is 48.2 Å². The highest BCUT2D eigenvalue weighted by Gasteiger charge is 2.10. The summed E-state index contributed by atoms with van der Waals surface area (Å²) in [6.07, 6.45) is 2.19. The molecule has 0 bridgehead atoms. The zero-order valence-electron chi connectivity index (χ0n) is 9.69. The van der Waals surface area contributed by atoms with E-state index in [-0.39, 0.29) is 18.3 Å². The van der Waals surface area contributed by atoms with Crippen LogP contribution in [0.1, 0.15) is 24.8 Å². The average Bonchev–Trinajstić information content (AvgIpc) is 2.82. The number of benzene rings is 1. The predicted molar refractivity (Wildman–Crippen MR) is 64.2 cm³/mol. The van der Waals surface area contributed by atoms with Crippen LogP contribution in [0.4, 0.5) is 4.39 Å². The maximum absolute atomic E-state index is 13.5. The van der Waals surface area contributed by atoms with Crippen LogP contribution in [0.5, 0.6) is 0 Å². The molecule has 1 atom stereocenters. The molecular formula is C14H15FO2. The molecule has 0 unspecified atom stereocenters. The Labute approximate surface area is 99.7 Å². The lowest BCUT2D eigenvalue weighted by molar-refractivity contribution is 0.278. The molecule has 0 saturated heterocycles. The second kappa shape index (κ2) is 5.15. The minimum absolute atomic E-state index is 0.105. The number of rotatable bonds is 4. The molecule has 2 aromatic rings. The molecule has 90 valence electrons. The smallest absolute Gasteiger partial charge is 0.133 e. The highest BCUT2D eigenvalue weighted by atomic mass is 19.1. The normalized spacial score (nSPS) is 12.6. The average molecular weight is 234 g/mol. The van der Waals surface area contributed by atoms with Crippen molar-refractivity contribution in [2.24, 2.45) is 0 Å². The molecule has 0 radical (unpaired) electrons. The molecule has 0 amide bonds.